The number of carbonyl (C=O) groups is 1. The molecule has 1 aromatic rings. The number of ketones is 1. The number of benzene rings is 1. The van der Waals surface area contributed by atoms with E-state index >= 15 is 0 Å². The molecular formula is C9H8BrClO2. The predicted molar refractivity (Wildman–Crippen MR) is 56.1 cm³/mol. The minimum atomic E-state index is -0.0346. The number of hydrogen-bond acceptors (Lipinski definition) is 2. The van der Waals surface area contributed by atoms with Gasteiger partial charge in [0.05, 0.1) is 17.5 Å². The summed E-state index contributed by atoms with van der Waals surface area (Å²) in [7, 11) is 1.55. The quantitative estimate of drug-likeness (QED) is 0.619. The first-order valence-electron chi connectivity index (χ1n) is 3.61. The molecule has 1 aromatic carbocycles. The van der Waals surface area contributed by atoms with Crippen molar-refractivity contribution >= 4 is 33.3 Å². The van der Waals surface area contributed by atoms with Crippen molar-refractivity contribution in [2.24, 2.45) is 0 Å². The van der Waals surface area contributed by atoms with Crippen LogP contribution in [0.1, 0.15) is 10.4 Å². The standard InChI is InChI=1S/C9H8BrClO2/c1-13-6-2-3-7(8(11)4-6)9(12)5-10/h2-4H,5H2,1H3. The summed E-state index contributed by atoms with van der Waals surface area (Å²) in [6.07, 6.45) is 0. The van der Waals surface area contributed by atoms with Gasteiger partial charge in [0.25, 0.3) is 0 Å². The molecule has 0 unspecified atom stereocenters. The molecule has 13 heavy (non-hydrogen) atoms. The van der Waals surface area contributed by atoms with Crippen LogP contribution in [0.25, 0.3) is 0 Å². The number of hydrogen-bond donors (Lipinski definition) is 0. The first kappa shape index (κ1) is 10.5. The summed E-state index contributed by atoms with van der Waals surface area (Å²) in [5.74, 6) is 0.615. The normalized spacial score (nSPS) is 9.77. The van der Waals surface area contributed by atoms with Crippen molar-refractivity contribution in [2.75, 3.05) is 12.4 Å². The third-order valence-corrected chi connectivity index (χ3v) is 2.42. The van der Waals surface area contributed by atoms with Gasteiger partial charge in [-0.05, 0) is 18.2 Å². The van der Waals surface area contributed by atoms with E-state index in [2.05, 4.69) is 15.9 Å². The lowest BCUT2D eigenvalue weighted by atomic mass is 10.1. The van der Waals surface area contributed by atoms with Crippen molar-refractivity contribution in [3.05, 3.63) is 28.8 Å². The van der Waals surface area contributed by atoms with Gasteiger partial charge in [-0.2, -0.15) is 0 Å². The van der Waals surface area contributed by atoms with Gasteiger partial charge in [0, 0.05) is 5.56 Å². The fourth-order valence-electron chi connectivity index (χ4n) is 0.921. The summed E-state index contributed by atoms with van der Waals surface area (Å²) in [6, 6.07) is 4.99. The molecule has 0 aromatic heterocycles. The number of alkyl halides is 1. The summed E-state index contributed by atoms with van der Waals surface area (Å²) >= 11 is 8.94. The first-order chi connectivity index (χ1) is 6.19. The van der Waals surface area contributed by atoms with E-state index in [0.29, 0.717) is 16.3 Å². The molecule has 4 heteroatoms. The van der Waals surface area contributed by atoms with Gasteiger partial charge in [0.15, 0.2) is 5.78 Å². The maximum Gasteiger partial charge on any atom is 0.174 e. The average molecular weight is 264 g/mol. The number of halogens is 2. The lowest BCUT2D eigenvalue weighted by Crippen LogP contribution is -2.00. The topological polar surface area (TPSA) is 26.3 Å². The van der Waals surface area contributed by atoms with E-state index in [1.807, 2.05) is 0 Å². The van der Waals surface area contributed by atoms with Gasteiger partial charge in [-0.1, -0.05) is 27.5 Å². The fraction of sp³-hybridized carbons (Fsp3) is 0.222. The second-order valence-corrected chi connectivity index (χ2v) is 3.37. The maximum atomic E-state index is 11.3. The van der Waals surface area contributed by atoms with Crippen LogP contribution in [-0.2, 0) is 0 Å². The molecular weight excluding hydrogens is 255 g/mol. The van der Waals surface area contributed by atoms with Crippen LogP contribution in [-0.4, -0.2) is 18.2 Å². The Morgan fingerprint density at radius 3 is 2.77 bits per heavy atom. The Hall–Kier alpha value is -0.540. The average Bonchev–Trinajstić information content (AvgIpc) is 2.16. The van der Waals surface area contributed by atoms with E-state index in [9.17, 15) is 4.79 Å². The van der Waals surface area contributed by atoms with E-state index in [4.69, 9.17) is 16.3 Å². The molecule has 0 atom stereocenters. The van der Waals surface area contributed by atoms with Gasteiger partial charge in [-0.15, -0.1) is 0 Å². The number of rotatable bonds is 3. The Bertz CT molecular complexity index is 325. The summed E-state index contributed by atoms with van der Waals surface area (Å²) in [6.45, 7) is 0. The largest absolute Gasteiger partial charge is 0.497 e. The number of ether oxygens (including phenoxy) is 1. The molecule has 0 spiro atoms. The molecule has 0 heterocycles. The highest BCUT2D eigenvalue weighted by molar-refractivity contribution is 9.09. The van der Waals surface area contributed by atoms with Crippen LogP contribution in [0.4, 0.5) is 0 Å². The minimum Gasteiger partial charge on any atom is -0.497 e. The molecule has 70 valence electrons. The lowest BCUT2D eigenvalue weighted by Gasteiger charge is -2.03. The smallest absolute Gasteiger partial charge is 0.174 e. The number of carbonyl (C=O) groups excluding carboxylic acids is 1. The SMILES string of the molecule is COc1ccc(C(=O)CBr)c(Cl)c1. The van der Waals surface area contributed by atoms with Crippen LogP contribution >= 0.6 is 27.5 Å². The number of Topliss-reactive ketones (excluding diaryl/α,β-unsaturated/α-hetero) is 1. The molecule has 0 aliphatic carbocycles. The summed E-state index contributed by atoms with van der Waals surface area (Å²) < 4.78 is 4.96. The molecule has 0 bridgehead atoms. The number of methoxy groups -OCH3 is 1. The highest BCUT2D eigenvalue weighted by Gasteiger charge is 2.09. The van der Waals surface area contributed by atoms with Crippen LogP contribution in [0.15, 0.2) is 18.2 Å². The monoisotopic (exact) mass is 262 g/mol. The van der Waals surface area contributed by atoms with Gasteiger partial charge in [0.1, 0.15) is 5.75 Å². The zero-order valence-corrected chi connectivity index (χ0v) is 9.35. The van der Waals surface area contributed by atoms with Gasteiger partial charge >= 0.3 is 0 Å². The highest BCUT2D eigenvalue weighted by atomic mass is 79.9. The van der Waals surface area contributed by atoms with Crippen LogP contribution in [0.2, 0.25) is 5.02 Å². The molecule has 0 fully saturated rings. The van der Waals surface area contributed by atoms with Crippen molar-refractivity contribution in [2.45, 2.75) is 0 Å². The molecule has 2 nitrogen and oxygen atoms in total. The molecule has 0 saturated heterocycles. The minimum absolute atomic E-state index is 0.0346. The van der Waals surface area contributed by atoms with Crippen LogP contribution < -0.4 is 4.74 Å². The molecule has 0 N–H and O–H groups in total. The Balaban J connectivity index is 3.05. The predicted octanol–water partition coefficient (Wildman–Crippen LogP) is 2.93. The van der Waals surface area contributed by atoms with E-state index in [1.54, 1.807) is 25.3 Å². The Labute approximate surface area is 90.0 Å². The fourth-order valence-corrected chi connectivity index (χ4v) is 1.50. The summed E-state index contributed by atoms with van der Waals surface area (Å²) in [4.78, 5) is 11.3. The van der Waals surface area contributed by atoms with Gasteiger partial charge < -0.3 is 4.74 Å². The molecule has 0 amide bonds. The van der Waals surface area contributed by atoms with Crippen molar-refractivity contribution in [3.8, 4) is 5.75 Å². The third-order valence-electron chi connectivity index (χ3n) is 1.60. The molecule has 1 rings (SSSR count). The van der Waals surface area contributed by atoms with Crippen molar-refractivity contribution in [1.29, 1.82) is 0 Å². The van der Waals surface area contributed by atoms with Crippen molar-refractivity contribution in [1.82, 2.24) is 0 Å². The van der Waals surface area contributed by atoms with E-state index in [-0.39, 0.29) is 11.1 Å². The van der Waals surface area contributed by atoms with Gasteiger partial charge in [-0.25, -0.2) is 0 Å². The van der Waals surface area contributed by atoms with Crippen molar-refractivity contribution < 1.29 is 9.53 Å². The lowest BCUT2D eigenvalue weighted by molar-refractivity contribution is 0.102. The first-order valence-corrected chi connectivity index (χ1v) is 5.11. The molecule has 0 saturated carbocycles. The summed E-state index contributed by atoms with van der Waals surface area (Å²) in [5.41, 5.74) is 0.513. The Morgan fingerprint density at radius 2 is 2.31 bits per heavy atom. The van der Waals surface area contributed by atoms with Crippen LogP contribution in [0, 0.1) is 0 Å². The summed E-state index contributed by atoms with van der Waals surface area (Å²) in [5, 5.41) is 0.697. The van der Waals surface area contributed by atoms with E-state index in [1.165, 1.54) is 0 Å². The zero-order chi connectivity index (χ0) is 9.84. The third kappa shape index (κ3) is 2.45. The molecule has 0 aliphatic rings. The van der Waals surface area contributed by atoms with Crippen molar-refractivity contribution in [3.63, 3.8) is 0 Å². The van der Waals surface area contributed by atoms with Crippen LogP contribution in [0.3, 0.4) is 0 Å². The van der Waals surface area contributed by atoms with Gasteiger partial charge in [-0.3, -0.25) is 4.79 Å². The van der Waals surface area contributed by atoms with E-state index < -0.39 is 0 Å². The second kappa shape index (κ2) is 4.63. The Morgan fingerprint density at radius 1 is 1.62 bits per heavy atom. The highest BCUT2D eigenvalue weighted by Crippen LogP contribution is 2.22. The Kier molecular flexibility index (Phi) is 3.75. The van der Waals surface area contributed by atoms with Gasteiger partial charge in [0.2, 0.25) is 0 Å². The van der Waals surface area contributed by atoms with Crippen LogP contribution in [0.5, 0.6) is 5.75 Å². The zero-order valence-electron chi connectivity index (χ0n) is 7.01. The van der Waals surface area contributed by atoms with E-state index in [0.717, 1.165) is 0 Å². The molecule has 0 aliphatic heterocycles. The maximum absolute atomic E-state index is 11.3. The second-order valence-electron chi connectivity index (χ2n) is 2.40. The molecule has 0 radical (unpaired) electrons.